The van der Waals surface area contributed by atoms with Crippen LogP contribution in [0.2, 0.25) is 0 Å². The number of nitrogens with zero attached hydrogens (tertiary/aromatic N) is 1. The maximum absolute atomic E-state index is 6.54. The maximum atomic E-state index is 6.54. The Morgan fingerprint density at radius 1 is 0.667 bits per heavy atom. The summed E-state index contributed by atoms with van der Waals surface area (Å²) in [5.41, 5.74) is 3.49. The van der Waals surface area contributed by atoms with E-state index < -0.39 is 0 Å². The lowest BCUT2D eigenvalue weighted by atomic mass is 10.1. The van der Waals surface area contributed by atoms with Crippen LogP contribution in [0, 0.1) is 0 Å². The molecule has 0 bridgehead atoms. The Morgan fingerprint density at radius 2 is 1.18 bits per heavy atom. The molecule has 3 aromatic carbocycles. The molecule has 2 fully saturated rings. The Kier molecular flexibility index (Phi) is 7.46. The quantitative estimate of drug-likeness (QED) is 0.462. The second kappa shape index (κ2) is 11.1. The first-order chi connectivity index (χ1) is 16.4. The van der Waals surface area contributed by atoms with Crippen LogP contribution >= 0.6 is 0 Å². The third-order valence-electron chi connectivity index (χ3n) is 6.43. The highest BCUT2D eigenvalue weighted by atomic mass is 16.6. The van der Waals surface area contributed by atoms with Crippen molar-refractivity contribution >= 4 is 0 Å². The van der Waals surface area contributed by atoms with E-state index in [1.807, 2.05) is 54.6 Å². The zero-order valence-corrected chi connectivity index (χ0v) is 18.8. The Labute approximate surface area is 195 Å². The first-order valence-electron chi connectivity index (χ1n) is 11.6. The first kappa shape index (κ1) is 22.3. The van der Waals surface area contributed by atoms with Crippen molar-refractivity contribution in [1.82, 2.24) is 4.90 Å². The summed E-state index contributed by atoms with van der Waals surface area (Å²) in [6.07, 6.45) is -0.180. The average Bonchev–Trinajstić information content (AvgIpc) is 3.45. The van der Waals surface area contributed by atoms with Gasteiger partial charge in [-0.2, -0.15) is 0 Å². The van der Waals surface area contributed by atoms with Gasteiger partial charge in [-0.1, -0.05) is 91.0 Å². The van der Waals surface area contributed by atoms with Gasteiger partial charge in [0.15, 0.2) is 0 Å². The van der Waals surface area contributed by atoms with Crippen LogP contribution < -0.4 is 0 Å². The Balaban J connectivity index is 1.30. The van der Waals surface area contributed by atoms with Gasteiger partial charge in [0.1, 0.15) is 12.2 Å². The fraction of sp³-hybridized carbons (Fsp3) is 0.357. The normalized spacial score (nSPS) is 24.7. The van der Waals surface area contributed by atoms with Crippen LogP contribution in [0.4, 0.5) is 0 Å². The van der Waals surface area contributed by atoms with E-state index in [0.717, 1.165) is 11.1 Å². The minimum atomic E-state index is -0.0985. The molecule has 5 heteroatoms. The molecular formula is C28H31NO4. The Morgan fingerprint density at radius 3 is 1.76 bits per heavy atom. The van der Waals surface area contributed by atoms with Crippen LogP contribution in [0.15, 0.2) is 91.0 Å². The molecule has 5 nitrogen and oxygen atoms in total. The van der Waals surface area contributed by atoms with Crippen molar-refractivity contribution in [3.05, 3.63) is 108 Å². The molecule has 172 valence electrons. The monoisotopic (exact) mass is 445 g/mol. The van der Waals surface area contributed by atoms with E-state index in [9.17, 15) is 0 Å². The molecule has 3 aromatic rings. The second-order valence-corrected chi connectivity index (χ2v) is 8.67. The van der Waals surface area contributed by atoms with Crippen molar-refractivity contribution in [3.8, 4) is 0 Å². The molecule has 2 aliphatic heterocycles. The van der Waals surface area contributed by atoms with Crippen molar-refractivity contribution in [2.75, 3.05) is 19.9 Å². The van der Waals surface area contributed by atoms with Gasteiger partial charge in [-0.15, -0.1) is 0 Å². The third-order valence-corrected chi connectivity index (χ3v) is 6.43. The van der Waals surface area contributed by atoms with Gasteiger partial charge in [0.05, 0.1) is 51.8 Å². The molecule has 0 amide bonds. The van der Waals surface area contributed by atoms with E-state index in [1.165, 1.54) is 5.56 Å². The summed E-state index contributed by atoms with van der Waals surface area (Å²) in [5, 5.41) is 0. The third kappa shape index (κ3) is 5.52. The fourth-order valence-corrected chi connectivity index (χ4v) is 4.73. The zero-order valence-electron chi connectivity index (χ0n) is 18.8. The van der Waals surface area contributed by atoms with Gasteiger partial charge in [-0.3, -0.25) is 4.90 Å². The first-order valence-corrected chi connectivity index (χ1v) is 11.6. The van der Waals surface area contributed by atoms with Gasteiger partial charge in [0.2, 0.25) is 0 Å². The average molecular weight is 446 g/mol. The summed E-state index contributed by atoms with van der Waals surface area (Å²) in [6, 6.07) is 31.1. The van der Waals surface area contributed by atoms with Gasteiger partial charge in [-0.05, 0) is 16.7 Å². The van der Waals surface area contributed by atoms with Crippen LogP contribution in [0.1, 0.15) is 16.7 Å². The van der Waals surface area contributed by atoms with E-state index in [4.69, 9.17) is 18.9 Å². The van der Waals surface area contributed by atoms with Crippen LogP contribution in [-0.2, 0) is 38.8 Å². The topological polar surface area (TPSA) is 40.2 Å². The van der Waals surface area contributed by atoms with Gasteiger partial charge >= 0.3 is 0 Å². The van der Waals surface area contributed by atoms with E-state index in [1.54, 1.807) is 0 Å². The molecule has 4 atom stereocenters. The van der Waals surface area contributed by atoms with Crippen molar-refractivity contribution in [2.24, 2.45) is 0 Å². The van der Waals surface area contributed by atoms with Crippen molar-refractivity contribution in [3.63, 3.8) is 0 Å². The van der Waals surface area contributed by atoms with Crippen LogP contribution in [-0.4, -0.2) is 49.1 Å². The predicted octanol–water partition coefficient (Wildman–Crippen LogP) is 4.41. The molecule has 0 spiro atoms. The highest BCUT2D eigenvalue weighted by Crippen LogP contribution is 2.34. The molecule has 2 saturated heterocycles. The number of rotatable bonds is 10. The molecule has 2 aliphatic rings. The molecule has 2 heterocycles. The van der Waals surface area contributed by atoms with E-state index in [-0.39, 0.29) is 24.3 Å². The summed E-state index contributed by atoms with van der Waals surface area (Å²) in [6.45, 7) is 3.49. The van der Waals surface area contributed by atoms with Crippen molar-refractivity contribution < 1.29 is 18.9 Å². The number of hydrogen-bond donors (Lipinski definition) is 0. The summed E-state index contributed by atoms with van der Waals surface area (Å²) in [7, 11) is 0. The van der Waals surface area contributed by atoms with E-state index in [0.29, 0.717) is 39.8 Å². The molecular weight excluding hydrogens is 414 g/mol. The molecule has 0 N–H and O–H groups in total. The van der Waals surface area contributed by atoms with Gasteiger partial charge in [0, 0.05) is 0 Å². The van der Waals surface area contributed by atoms with Crippen molar-refractivity contribution in [2.45, 2.75) is 44.1 Å². The highest BCUT2D eigenvalue weighted by molar-refractivity contribution is 5.16. The zero-order chi connectivity index (χ0) is 22.3. The summed E-state index contributed by atoms with van der Waals surface area (Å²) in [5.74, 6) is 0. The Hall–Kier alpha value is -2.54. The fourth-order valence-electron chi connectivity index (χ4n) is 4.73. The lowest BCUT2D eigenvalue weighted by Gasteiger charge is -2.27. The number of fused-ring (bicyclic) bond motifs is 1. The predicted molar refractivity (Wildman–Crippen MR) is 126 cm³/mol. The second-order valence-electron chi connectivity index (χ2n) is 8.67. The van der Waals surface area contributed by atoms with Gasteiger partial charge < -0.3 is 18.9 Å². The molecule has 33 heavy (non-hydrogen) atoms. The number of hydrogen-bond acceptors (Lipinski definition) is 5. The van der Waals surface area contributed by atoms with E-state index >= 15 is 0 Å². The molecule has 0 unspecified atom stereocenters. The van der Waals surface area contributed by atoms with E-state index in [2.05, 4.69) is 41.3 Å². The van der Waals surface area contributed by atoms with Gasteiger partial charge in [-0.25, -0.2) is 0 Å². The molecule has 5 rings (SSSR count). The summed E-state index contributed by atoms with van der Waals surface area (Å²) >= 11 is 0. The number of benzene rings is 3. The largest absolute Gasteiger partial charge is 0.375 e. The van der Waals surface area contributed by atoms with Gasteiger partial charge in [0.25, 0.3) is 0 Å². The van der Waals surface area contributed by atoms with Crippen LogP contribution in [0.3, 0.4) is 0 Å². The highest BCUT2D eigenvalue weighted by Gasteiger charge is 2.53. The standard InChI is InChI=1S/C28H31NO4/c1-4-10-22(11-5-1)16-30-19-25-27(32-17-23-12-6-2-7-13-23)28(26-20-31-21-29(25)26)33-18-24-14-8-3-9-15-24/h1-15,25-28H,16-21H2/t25-,26-,27+,28+/m0/s1. The van der Waals surface area contributed by atoms with Crippen LogP contribution in [0.25, 0.3) is 0 Å². The maximum Gasteiger partial charge on any atom is 0.104 e. The van der Waals surface area contributed by atoms with Crippen molar-refractivity contribution in [1.29, 1.82) is 0 Å². The minimum absolute atomic E-state index is 0.0747. The summed E-state index contributed by atoms with van der Waals surface area (Å²) in [4.78, 5) is 2.36. The molecule has 0 aliphatic carbocycles. The molecule has 0 aromatic heterocycles. The lowest BCUT2D eigenvalue weighted by molar-refractivity contribution is -0.0948. The number of ether oxygens (including phenoxy) is 4. The summed E-state index contributed by atoms with van der Waals surface area (Å²) < 4.78 is 25.0. The lowest BCUT2D eigenvalue weighted by Crippen LogP contribution is -2.42. The van der Waals surface area contributed by atoms with Crippen LogP contribution in [0.5, 0.6) is 0 Å². The molecule has 0 radical (unpaired) electrons. The molecule has 0 saturated carbocycles. The smallest absolute Gasteiger partial charge is 0.104 e. The Bertz CT molecular complexity index is 969. The SMILES string of the molecule is c1ccc(COC[C@H]2[C@@H](OCc3ccccc3)[C@H](OCc3ccccc3)[C@@H]3COCN23)cc1. The minimum Gasteiger partial charge on any atom is -0.375 e.